The molecule has 0 saturated carbocycles. The van der Waals surface area contributed by atoms with Crippen molar-refractivity contribution in [3.05, 3.63) is 35.1 Å². The highest BCUT2D eigenvalue weighted by atomic mass is 19.4. The minimum absolute atomic E-state index is 0.358. The molecule has 2 nitrogen and oxygen atoms in total. The molecule has 1 aliphatic rings. The third-order valence-electron chi connectivity index (χ3n) is 3.90. The molecule has 118 valence electrons. The van der Waals surface area contributed by atoms with Crippen LogP contribution in [-0.4, -0.2) is 49.6 Å². The second-order valence-electron chi connectivity index (χ2n) is 5.55. The van der Waals surface area contributed by atoms with Gasteiger partial charge in [0.1, 0.15) is 5.82 Å². The molecule has 0 unspecified atom stereocenters. The van der Waals surface area contributed by atoms with Crippen LogP contribution in [0.15, 0.2) is 18.2 Å². The molecule has 0 aromatic heterocycles. The van der Waals surface area contributed by atoms with Crippen LogP contribution < -0.4 is 0 Å². The maximum Gasteiger partial charge on any atom is 0.416 e. The van der Waals surface area contributed by atoms with Crippen molar-refractivity contribution in [1.29, 1.82) is 0 Å². The molecular weight excluding hydrogens is 284 g/mol. The average molecular weight is 304 g/mol. The lowest BCUT2D eigenvalue weighted by Gasteiger charge is -2.32. The smallest absolute Gasteiger partial charge is 0.304 e. The summed E-state index contributed by atoms with van der Waals surface area (Å²) in [6.07, 6.45) is -3.26. The van der Waals surface area contributed by atoms with E-state index < -0.39 is 17.6 Å². The van der Waals surface area contributed by atoms with E-state index in [1.165, 1.54) is 6.07 Å². The van der Waals surface area contributed by atoms with E-state index in [4.69, 9.17) is 0 Å². The van der Waals surface area contributed by atoms with Crippen LogP contribution in [0.3, 0.4) is 0 Å². The van der Waals surface area contributed by atoms with Gasteiger partial charge in [-0.3, -0.25) is 0 Å². The highest BCUT2D eigenvalue weighted by Gasteiger charge is 2.31. The molecular formula is C15H20F4N2. The van der Waals surface area contributed by atoms with E-state index in [9.17, 15) is 17.6 Å². The number of rotatable bonds is 4. The summed E-state index contributed by atoms with van der Waals surface area (Å²) in [5, 5.41) is 0. The molecule has 21 heavy (non-hydrogen) atoms. The Morgan fingerprint density at radius 2 is 1.76 bits per heavy atom. The zero-order chi connectivity index (χ0) is 15.5. The van der Waals surface area contributed by atoms with Gasteiger partial charge in [-0.1, -0.05) is 6.07 Å². The molecule has 0 amide bonds. The first kappa shape index (κ1) is 16.2. The maximum absolute atomic E-state index is 13.7. The van der Waals surface area contributed by atoms with Crippen LogP contribution in [0.2, 0.25) is 0 Å². The predicted octanol–water partition coefficient (Wildman–Crippen LogP) is 3.02. The van der Waals surface area contributed by atoms with Gasteiger partial charge < -0.3 is 9.80 Å². The summed E-state index contributed by atoms with van der Waals surface area (Å²) < 4.78 is 51.0. The van der Waals surface area contributed by atoms with Gasteiger partial charge in [-0.2, -0.15) is 13.2 Å². The fourth-order valence-electron chi connectivity index (χ4n) is 2.49. The summed E-state index contributed by atoms with van der Waals surface area (Å²) in [5.74, 6) is -0.761. The topological polar surface area (TPSA) is 6.48 Å². The Morgan fingerprint density at radius 3 is 2.33 bits per heavy atom. The lowest BCUT2D eigenvalue weighted by molar-refractivity contribution is -0.137. The highest BCUT2D eigenvalue weighted by molar-refractivity contribution is 5.26. The van der Waals surface area contributed by atoms with Crippen LogP contribution in [0.25, 0.3) is 0 Å². The molecule has 0 radical (unpaired) electrons. The van der Waals surface area contributed by atoms with Crippen molar-refractivity contribution in [3.8, 4) is 0 Å². The minimum Gasteiger partial charge on any atom is -0.304 e. The fourth-order valence-corrected chi connectivity index (χ4v) is 2.49. The molecule has 0 N–H and O–H groups in total. The summed E-state index contributed by atoms with van der Waals surface area (Å²) in [6, 6.07) is 2.79. The standard InChI is InChI=1S/C15H20F4N2/c1-20-7-9-21(10-8-20)6-2-3-12-4-5-13(11-14(12)16)15(17,18)19/h4-5,11H,2-3,6-10H2,1H3. The van der Waals surface area contributed by atoms with E-state index in [-0.39, 0.29) is 0 Å². The number of likely N-dealkylation sites (N-methyl/N-ethyl adjacent to an activating group) is 1. The molecule has 0 bridgehead atoms. The van der Waals surface area contributed by atoms with Crippen LogP contribution in [0.5, 0.6) is 0 Å². The largest absolute Gasteiger partial charge is 0.416 e. The van der Waals surface area contributed by atoms with Gasteiger partial charge in [-0.15, -0.1) is 0 Å². The molecule has 0 spiro atoms. The average Bonchev–Trinajstić information content (AvgIpc) is 2.41. The number of hydrogen-bond donors (Lipinski definition) is 0. The van der Waals surface area contributed by atoms with Crippen molar-refractivity contribution in [2.75, 3.05) is 39.8 Å². The molecule has 2 rings (SSSR count). The zero-order valence-corrected chi connectivity index (χ0v) is 12.1. The Balaban J connectivity index is 1.83. The molecule has 1 heterocycles. The van der Waals surface area contributed by atoms with Gasteiger partial charge >= 0.3 is 6.18 Å². The van der Waals surface area contributed by atoms with E-state index in [0.717, 1.165) is 45.2 Å². The molecule has 1 aromatic carbocycles. The van der Waals surface area contributed by atoms with E-state index in [1.54, 1.807) is 0 Å². The van der Waals surface area contributed by atoms with Gasteiger partial charge in [-0.25, -0.2) is 4.39 Å². The Hall–Kier alpha value is -1.14. The number of benzene rings is 1. The molecule has 1 fully saturated rings. The molecule has 0 aliphatic carbocycles. The van der Waals surface area contributed by atoms with Crippen molar-refractivity contribution in [1.82, 2.24) is 9.80 Å². The molecule has 1 aliphatic heterocycles. The fraction of sp³-hybridized carbons (Fsp3) is 0.600. The lowest BCUT2D eigenvalue weighted by atomic mass is 10.1. The first-order valence-electron chi connectivity index (χ1n) is 7.13. The Bertz CT molecular complexity index is 465. The van der Waals surface area contributed by atoms with E-state index >= 15 is 0 Å². The lowest BCUT2D eigenvalue weighted by Crippen LogP contribution is -2.44. The van der Waals surface area contributed by atoms with Crippen molar-refractivity contribution in [2.24, 2.45) is 0 Å². The normalized spacial score (nSPS) is 18.1. The Labute approximate surface area is 122 Å². The number of nitrogens with zero attached hydrogens (tertiary/aromatic N) is 2. The van der Waals surface area contributed by atoms with E-state index in [1.807, 2.05) is 0 Å². The molecule has 1 saturated heterocycles. The van der Waals surface area contributed by atoms with Crippen LogP contribution in [0.1, 0.15) is 17.5 Å². The summed E-state index contributed by atoms with van der Waals surface area (Å²) in [7, 11) is 2.08. The monoisotopic (exact) mass is 304 g/mol. The van der Waals surface area contributed by atoms with Gasteiger partial charge in [0, 0.05) is 26.2 Å². The highest BCUT2D eigenvalue weighted by Crippen LogP contribution is 2.30. The summed E-state index contributed by atoms with van der Waals surface area (Å²) in [5.41, 5.74) is -0.569. The second kappa shape index (κ2) is 6.75. The Kier molecular flexibility index (Phi) is 5.22. The summed E-state index contributed by atoms with van der Waals surface area (Å²) >= 11 is 0. The Morgan fingerprint density at radius 1 is 1.10 bits per heavy atom. The minimum atomic E-state index is -4.49. The van der Waals surface area contributed by atoms with Gasteiger partial charge in [0.15, 0.2) is 0 Å². The number of piperazine rings is 1. The van der Waals surface area contributed by atoms with E-state index in [2.05, 4.69) is 16.8 Å². The SMILES string of the molecule is CN1CCN(CCCc2ccc(C(F)(F)F)cc2F)CC1. The zero-order valence-electron chi connectivity index (χ0n) is 12.1. The van der Waals surface area contributed by atoms with E-state index in [0.29, 0.717) is 18.1 Å². The predicted molar refractivity (Wildman–Crippen MR) is 73.7 cm³/mol. The van der Waals surface area contributed by atoms with Crippen LogP contribution in [0.4, 0.5) is 17.6 Å². The molecule has 0 atom stereocenters. The molecule has 6 heteroatoms. The second-order valence-corrected chi connectivity index (χ2v) is 5.55. The quantitative estimate of drug-likeness (QED) is 0.789. The van der Waals surface area contributed by atoms with Gasteiger partial charge in [0.2, 0.25) is 0 Å². The first-order chi connectivity index (χ1) is 9.86. The van der Waals surface area contributed by atoms with Gasteiger partial charge in [0.25, 0.3) is 0 Å². The first-order valence-corrected chi connectivity index (χ1v) is 7.13. The summed E-state index contributed by atoms with van der Waals surface area (Å²) in [6.45, 7) is 4.88. The molecule has 1 aromatic rings. The number of alkyl halides is 3. The van der Waals surface area contributed by atoms with Crippen molar-refractivity contribution >= 4 is 0 Å². The third-order valence-corrected chi connectivity index (χ3v) is 3.90. The van der Waals surface area contributed by atoms with Crippen LogP contribution in [-0.2, 0) is 12.6 Å². The van der Waals surface area contributed by atoms with Crippen LogP contribution in [0, 0.1) is 5.82 Å². The van der Waals surface area contributed by atoms with Crippen molar-refractivity contribution in [3.63, 3.8) is 0 Å². The number of hydrogen-bond acceptors (Lipinski definition) is 2. The van der Waals surface area contributed by atoms with Crippen molar-refractivity contribution in [2.45, 2.75) is 19.0 Å². The maximum atomic E-state index is 13.7. The number of aryl methyl sites for hydroxylation is 1. The van der Waals surface area contributed by atoms with Gasteiger partial charge in [-0.05, 0) is 44.1 Å². The van der Waals surface area contributed by atoms with Gasteiger partial charge in [0.05, 0.1) is 5.56 Å². The third kappa shape index (κ3) is 4.68. The van der Waals surface area contributed by atoms with Crippen molar-refractivity contribution < 1.29 is 17.6 Å². The summed E-state index contributed by atoms with van der Waals surface area (Å²) in [4.78, 5) is 4.56. The number of halogens is 4. The van der Waals surface area contributed by atoms with Crippen LogP contribution >= 0.6 is 0 Å².